The molecule has 0 radical (unpaired) electrons. The number of imidazole rings is 1. The quantitative estimate of drug-likeness (QED) is 0.348. The number of aromatic nitrogens is 4. The van der Waals surface area contributed by atoms with Gasteiger partial charge in [0.15, 0.2) is 0 Å². The van der Waals surface area contributed by atoms with Crippen LogP contribution in [0.2, 0.25) is 10.2 Å². The van der Waals surface area contributed by atoms with Crippen LogP contribution in [-0.4, -0.2) is 19.3 Å². The number of H-pyrrole nitrogens is 1. The molecule has 0 saturated carbocycles. The van der Waals surface area contributed by atoms with Crippen LogP contribution in [0, 0.1) is 5.82 Å². The highest BCUT2D eigenvalue weighted by atomic mass is 35.5. The van der Waals surface area contributed by atoms with Crippen LogP contribution in [0.4, 0.5) is 17.6 Å². The number of alkyl halides is 3. The zero-order chi connectivity index (χ0) is 22.8. The molecule has 5 rings (SSSR count). The zero-order valence-electron chi connectivity index (χ0n) is 16.2. The van der Waals surface area contributed by atoms with E-state index in [1.165, 1.54) is 16.8 Å². The summed E-state index contributed by atoms with van der Waals surface area (Å²) in [5.41, 5.74) is -1.10. The van der Waals surface area contributed by atoms with E-state index in [4.69, 9.17) is 23.2 Å². The van der Waals surface area contributed by atoms with Gasteiger partial charge in [-0.05, 0) is 31.0 Å². The van der Waals surface area contributed by atoms with E-state index >= 15 is 4.39 Å². The molecule has 4 aromatic rings. The van der Waals surface area contributed by atoms with Gasteiger partial charge in [-0.25, -0.2) is 14.1 Å². The summed E-state index contributed by atoms with van der Waals surface area (Å²) in [6.07, 6.45) is -2.91. The molecule has 1 aliphatic heterocycles. The summed E-state index contributed by atoms with van der Waals surface area (Å²) in [5, 5.41) is 0.0448. The monoisotopic (exact) mass is 484 g/mol. The molecule has 0 atom stereocenters. The third kappa shape index (κ3) is 3.22. The summed E-state index contributed by atoms with van der Waals surface area (Å²) in [7, 11) is 0. The molecule has 0 aliphatic carbocycles. The summed E-state index contributed by atoms with van der Waals surface area (Å²) < 4.78 is 57.6. The van der Waals surface area contributed by atoms with E-state index in [0.717, 1.165) is 31.0 Å². The molecule has 1 N–H and O–H groups in total. The van der Waals surface area contributed by atoms with Crippen LogP contribution in [-0.2, 0) is 19.3 Å². The van der Waals surface area contributed by atoms with Gasteiger partial charge in [0.2, 0.25) is 0 Å². The fourth-order valence-corrected chi connectivity index (χ4v) is 4.64. The Morgan fingerprint density at radius 3 is 2.44 bits per heavy atom. The molecule has 0 fully saturated rings. The Kier molecular flexibility index (Phi) is 4.86. The second-order valence-corrected chi connectivity index (χ2v) is 8.29. The van der Waals surface area contributed by atoms with Crippen molar-refractivity contribution in [2.24, 2.45) is 0 Å². The van der Waals surface area contributed by atoms with Gasteiger partial charge in [-0.3, -0.25) is 9.48 Å². The van der Waals surface area contributed by atoms with Crippen molar-refractivity contribution in [3.8, 4) is 22.5 Å². The van der Waals surface area contributed by atoms with Crippen LogP contribution < -0.4 is 5.56 Å². The van der Waals surface area contributed by atoms with Gasteiger partial charge in [0.05, 0.1) is 27.2 Å². The van der Waals surface area contributed by atoms with E-state index < -0.39 is 23.1 Å². The minimum Gasteiger partial charge on any atom is -0.337 e. The van der Waals surface area contributed by atoms with Crippen molar-refractivity contribution in [2.45, 2.75) is 32.1 Å². The van der Waals surface area contributed by atoms with Crippen molar-refractivity contribution in [2.75, 3.05) is 0 Å². The second kappa shape index (κ2) is 7.38. The molecule has 0 unspecified atom stereocenters. The molecule has 1 aliphatic rings. The number of rotatable bonds is 2. The van der Waals surface area contributed by atoms with Crippen LogP contribution >= 0.6 is 23.2 Å². The maximum atomic E-state index is 15.1. The summed E-state index contributed by atoms with van der Waals surface area (Å²) in [4.78, 5) is 20.2. The van der Waals surface area contributed by atoms with Gasteiger partial charge in [0.1, 0.15) is 22.3 Å². The average molecular weight is 485 g/mol. The van der Waals surface area contributed by atoms with E-state index in [0.29, 0.717) is 13.1 Å². The van der Waals surface area contributed by atoms with Crippen molar-refractivity contribution in [1.29, 1.82) is 0 Å². The summed E-state index contributed by atoms with van der Waals surface area (Å²) in [6, 6.07) is 5.58. The molecule has 166 valence electrons. The van der Waals surface area contributed by atoms with E-state index in [1.807, 2.05) is 0 Å². The van der Waals surface area contributed by atoms with Crippen molar-refractivity contribution in [3.63, 3.8) is 0 Å². The lowest BCUT2D eigenvalue weighted by molar-refractivity contribution is -0.137. The zero-order valence-corrected chi connectivity index (χ0v) is 17.7. The Morgan fingerprint density at radius 2 is 1.75 bits per heavy atom. The minimum atomic E-state index is -4.54. The largest absolute Gasteiger partial charge is 0.416 e. The van der Waals surface area contributed by atoms with Gasteiger partial charge < -0.3 is 4.98 Å². The van der Waals surface area contributed by atoms with E-state index in [9.17, 15) is 18.0 Å². The minimum absolute atomic E-state index is 0.0352. The lowest BCUT2D eigenvalue weighted by atomic mass is 10.1. The lowest BCUT2D eigenvalue weighted by Crippen LogP contribution is -2.27. The number of nitrogens with zero attached hydrogens (tertiary/aromatic N) is 3. The Hall–Kier alpha value is -2.78. The smallest absolute Gasteiger partial charge is 0.337 e. The predicted molar refractivity (Wildman–Crippen MR) is 113 cm³/mol. The number of nitrogens with one attached hydrogen (secondary N) is 1. The summed E-state index contributed by atoms with van der Waals surface area (Å²) in [6.45, 7) is 0.972. The second-order valence-electron chi connectivity index (χ2n) is 7.53. The summed E-state index contributed by atoms with van der Waals surface area (Å²) in [5.74, 6) is -0.732. The number of halogens is 6. The van der Waals surface area contributed by atoms with Crippen molar-refractivity contribution < 1.29 is 17.6 Å². The number of hydrogen-bond donors (Lipinski definition) is 1. The number of aromatic amines is 1. The molecular weight excluding hydrogens is 471 g/mol. The van der Waals surface area contributed by atoms with Crippen molar-refractivity contribution in [3.05, 3.63) is 62.2 Å². The van der Waals surface area contributed by atoms with Crippen LogP contribution in [0.1, 0.15) is 18.4 Å². The van der Waals surface area contributed by atoms with E-state index in [2.05, 4.69) is 9.97 Å². The highest BCUT2D eigenvalue weighted by molar-refractivity contribution is 6.36. The van der Waals surface area contributed by atoms with Gasteiger partial charge in [-0.15, -0.1) is 0 Å². The Labute approximate surface area is 188 Å². The van der Waals surface area contributed by atoms with Crippen LogP contribution in [0.15, 0.2) is 35.1 Å². The number of fused-ring (bicyclic) bond motifs is 2. The normalized spacial score (nSPS) is 14.2. The first-order valence-corrected chi connectivity index (χ1v) is 10.5. The third-order valence-corrected chi connectivity index (χ3v) is 6.22. The maximum Gasteiger partial charge on any atom is 0.416 e. The SMILES string of the molecule is O=c1c(-c2c(F)cc(Cl)c3nc(-c4cccc(C(F)(F)F)c4)[nH]c23)c(Cl)n2n1CCCC2. The van der Waals surface area contributed by atoms with Crippen molar-refractivity contribution in [1.82, 2.24) is 19.3 Å². The Morgan fingerprint density at radius 1 is 1.03 bits per heavy atom. The van der Waals surface area contributed by atoms with Gasteiger partial charge >= 0.3 is 6.18 Å². The molecule has 5 nitrogen and oxygen atoms in total. The van der Waals surface area contributed by atoms with Gasteiger partial charge in [0, 0.05) is 18.7 Å². The molecule has 11 heteroatoms. The van der Waals surface area contributed by atoms with Gasteiger partial charge in [-0.2, -0.15) is 13.2 Å². The molecule has 32 heavy (non-hydrogen) atoms. The maximum absolute atomic E-state index is 15.1. The van der Waals surface area contributed by atoms with Crippen molar-refractivity contribution >= 4 is 34.2 Å². The standard InChI is InChI=1S/C21H14Cl2F4N4O/c22-12-9-13(24)14(15-18(23)30-6-1-2-7-31(30)20(15)32)17-16(12)28-19(29-17)10-4-3-5-11(8-10)21(25,26)27/h3-5,8-9H,1-2,6-7H2,(H,28,29). The molecular formula is C21H14Cl2F4N4O. The molecule has 0 saturated heterocycles. The fourth-order valence-electron chi connectivity index (χ4n) is 4.06. The Bertz CT molecular complexity index is 1430. The summed E-state index contributed by atoms with van der Waals surface area (Å²) >= 11 is 12.7. The van der Waals surface area contributed by atoms with Gasteiger partial charge in [-0.1, -0.05) is 35.3 Å². The van der Waals surface area contributed by atoms with Crippen LogP contribution in [0.25, 0.3) is 33.5 Å². The first kappa shape index (κ1) is 21.1. The molecule has 2 aromatic heterocycles. The molecule has 0 amide bonds. The molecule has 2 aromatic carbocycles. The molecule has 3 heterocycles. The highest BCUT2D eigenvalue weighted by Gasteiger charge is 2.31. The number of benzene rings is 2. The molecule has 0 bridgehead atoms. The van der Waals surface area contributed by atoms with E-state index in [1.54, 1.807) is 4.68 Å². The highest BCUT2D eigenvalue weighted by Crippen LogP contribution is 2.39. The Balaban J connectivity index is 1.76. The third-order valence-electron chi connectivity index (χ3n) is 5.55. The van der Waals surface area contributed by atoms with E-state index in [-0.39, 0.29) is 43.7 Å². The lowest BCUT2D eigenvalue weighted by Gasteiger charge is -2.17. The van der Waals surface area contributed by atoms with Crippen LogP contribution in [0.3, 0.4) is 0 Å². The van der Waals surface area contributed by atoms with Crippen LogP contribution in [0.5, 0.6) is 0 Å². The first-order valence-electron chi connectivity index (χ1n) is 9.71. The number of hydrogen-bond acceptors (Lipinski definition) is 2. The predicted octanol–water partition coefficient (Wildman–Crippen LogP) is 6.12. The van der Waals surface area contributed by atoms with Gasteiger partial charge in [0.25, 0.3) is 5.56 Å². The molecule has 0 spiro atoms. The topological polar surface area (TPSA) is 55.6 Å². The fraction of sp³-hybridized carbons (Fsp3) is 0.238. The first-order chi connectivity index (χ1) is 15.2. The average Bonchev–Trinajstić information content (AvgIpc) is 3.30.